The van der Waals surface area contributed by atoms with Gasteiger partial charge in [-0.05, 0) is 31.2 Å². The molecule has 0 aliphatic rings. The first kappa shape index (κ1) is 11.7. The molecule has 0 fully saturated rings. The van der Waals surface area contributed by atoms with Gasteiger partial charge < -0.3 is 14.3 Å². The monoisotopic (exact) mass is 236 g/mol. The summed E-state index contributed by atoms with van der Waals surface area (Å²) in [5, 5.41) is 10.2. The van der Waals surface area contributed by atoms with Gasteiger partial charge in [0.25, 0.3) is 0 Å². The largest absolute Gasteiger partial charge is 0.496 e. The normalized spacial score (nSPS) is 12.5. The molecule has 1 heterocycles. The maximum absolute atomic E-state index is 13.2. The standard InChI is InChI=1S/C13H13FO3/c1-8-10(5-6-17-8)13(15)11-7-9(14)3-4-12(11)16-2/h3-7,13,15H,1-2H3. The van der Waals surface area contributed by atoms with Crippen molar-refractivity contribution in [3.05, 3.63) is 53.2 Å². The number of benzene rings is 1. The highest BCUT2D eigenvalue weighted by atomic mass is 19.1. The van der Waals surface area contributed by atoms with Crippen LogP contribution in [-0.2, 0) is 0 Å². The summed E-state index contributed by atoms with van der Waals surface area (Å²) in [6.45, 7) is 1.74. The molecule has 0 aliphatic carbocycles. The zero-order valence-corrected chi connectivity index (χ0v) is 9.61. The minimum absolute atomic E-state index is 0.386. The van der Waals surface area contributed by atoms with Crippen LogP contribution in [0.1, 0.15) is 23.0 Å². The number of aryl methyl sites for hydroxylation is 1. The van der Waals surface area contributed by atoms with Gasteiger partial charge in [0.1, 0.15) is 23.4 Å². The Morgan fingerprint density at radius 1 is 1.29 bits per heavy atom. The predicted molar refractivity (Wildman–Crippen MR) is 60.5 cm³/mol. The van der Waals surface area contributed by atoms with E-state index in [1.54, 1.807) is 13.0 Å². The van der Waals surface area contributed by atoms with Crippen molar-refractivity contribution in [3.8, 4) is 5.75 Å². The van der Waals surface area contributed by atoms with Crippen molar-refractivity contribution in [2.24, 2.45) is 0 Å². The van der Waals surface area contributed by atoms with E-state index in [9.17, 15) is 9.50 Å². The van der Waals surface area contributed by atoms with Crippen LogP contribution >= 0.6 is 0 Å². The third-order valence-corrected chi connectivity index (χ3v) is 2.68. The van der Waals surface area contributed by atoms with Crippen LogP contribution in [-0.4, -0.2) is 12.2 Å². The Kier molecular flexibility index (Phi) is 3.15. The van der Waals surface area contributed by atoms with Crippen LogP contribution in [0, 0.1) is 12.7 Å². The van der Waals surface area contributed by atoms with Crippen molar-refractivity contribution < 1.29 is 18.7 Å². The Morgan fingerprint density at radius 2 is 2.06 bits per heavy atom. The van der Waals surface area contributed by atoms with Crippen molar-refractivity contribution in [1.29, 1.82) is 0 Å². The van der Waals surface area contributed by atoms with E-state index in [1.807, 2.05) is 0 Å². The molecule has 0 radical (unpaired) electrons. The fourth-order valence-electron chi connectivity index (χ4n) is 1.76. The second kappa shape index (κ2) is 4.59. The van der Waals surface area contributed by atoms with E-state index < -0.39 is 11.9 Å². The summed E-state index contributed by atoms with van der Waals surface area (Å²) in [5.74, 6) is 0.629. The highest BCUT2D eigenvalue weighted by Gasteiger charge is 2.19. The van der Waals surface area contributed by atoms with Crippen LogP contribution < -0.4 is 4.74 Å². The summed E-state index contributed by atoms with van der Waals surface area (Å²) < 4.78 is 23.4. The molecule has 1 N–H and O–H groups in total. The molecule has 0 bridgehead atoms. The Morgan fingerprint density at radius 3 is 2.65 bits per heavy atom. The Labute approximate surface area is 98.5 Å². The molecular formula is C13H13FO3. The van der Waals surface area contributed by atoms with Gasteiger partial charge in [-0.1, -0.05) is 0 Å². The number of hydrogen-bond donors (Lipinski definition) is 1. The lowest BCUT2D eigenvalue weighted by molar-refractivity contribution is 0.212. The average molecular weight is 236 g/mol. The molecule has 0 aliphatic heterocycles. The maximum atomic E-state index is 13.2. The first-order valence-electron chi connectivity index (χ1n) is 5.19. The maximum Gasteiger partial charge on any atom is 0.125 e. The van der Waals surface area contributed by atoms with Crippen molar-refractivity contribution >= 4 is 0 Å². The molecule has 1 unspecified atom stereocenters. The lowest BCUT2D eigenvalue weighted by Gasteiger charge is -2.14. The van der Waals surface area contributed by atoms with E-state index in [1.165, 1.54) is 31.6 Å². The van der Waals surface area contributed by atoms with E-state index >= 15 is 0 Å². The zero-order chi connectivity index (χ0) is 12.4. The fraction of sp³-hybridized carbons (Fsp3) is 0.231. The highest BCUT2D eigenvalue weighted by Crippen LogP contribution is 2.32. The van der Waals surface area contributed by atoms with Crippen LogP contribution in [0.4, 0.5) is 4.39 Å². The van der Waals surface area contributed by atoms with Crippen LogP contribution in [0.3, 0.4) is 0 Å². The Balaban J connectivity index is 2.46. The highest BCUT2D eigenvalue weighted by molar-refractivity contribution is 5.41. The van der Waals surface area contributed by atoms with Gasteiger partial charge in [-0.3, -0.25) is 0 Å². The van der Waals surface area contributed by atoms with Gasteiger partial charge in [0.15, 0.2) is 0 Å². The third-order valence-electron chi connectivity index (χ3n) is 2.68. The van der Waals surface area contributed by atoms with E-state index in [0.29, 0.717) is 22.6 Å². The van der Waals surface area contributed by atoms with Crippen LogP contribution in [0.2, 0.25) is 0 Å². The lowest BCUT2D eigenvalue weighted by Crippen LogP contribution is -2.03. The fourth-order valence-corrected chi connectivity index (χ4v) is 1.76. The first-order chi connectivity index (χ1) is 8.13. The molecule has 3 nitrogen and oxygen atoms in total. The Hall–Kier alpha value is -1.81. The molecule has 2 rings (SSSR count). The quantitative estimate of drug-likeness (QED) is 0.891. The summed E-state index contributed by atoms with van der Waals surface area (Å²) in [4.78, 5) is 0. The van der Waals surface area contributed by atoms with Gasteiger partial charge in [0, 0.05) is 11.1 Å². The van der Waals surface area contributed by atoms with Crippen molar-refractivity contribution in [2.45, 2.75) is 13.0 Å². The van der Waals surface area contributed by atoms with Gasteiger partial charge in [0.05, 0.1) is 13.4 Å². The summed E-state index contributed by atoms with van der Waals surface area (Å²) in [6, 6.07) is 5.70. The average Bonchev–Trinajstić information content (AvgIpc) is 2.74. The molecule has 0 spiro atoms. The minimum atomic E-state index is -0.959. The number of ether oxygens (including phenoxy) is 1. The van der Waals surface area contributed by atoms with Gasteiger partial charge in [-0.25, -0.2) is 4.39 Å². The van der Waals surface area contributed by atoms with E-state index in [4.69, 9.17) is 9.15 Å². The van der Waals surface area contributed by atoms with Crippen molar-refractivity contribution in [1.82, 2.24) is 0 Å². The minimum Gasteiger partial charge on any atom is -0.496 e. The molecule has 0 saturated carbocycles. The van der Waals surface area contributed by atoms with Crippen LogP contribution in [0.25, 0.3) is 0 Å². The smallest absolute Gasteiger partial charge is 0.125 e. The molecule has 4 heteroatoms. The molecular weight excluding hydrogens is 223 g/mol. The predicted octanol–water partition coefficient (Wildman–Crippen LogP) is 2.82. The van der Waals surface area contributed by atoms with E-state index in [2.05, 4.69) is 0 Å². The molecule has 1 aromatic heterocycles. The Bertz CT molecular complexity index is 519. The number of rotatable bonds is 3. The number of methoxy groups -OCH3 is 1. The zero-order valence-electron chi connectivity index (χ0n) is 9.61. The SMILES string of the molecule is COc1ccc(F)cc1C(O)c1ccoc1C. The number of halogens is 1. The van der Waals surface area contributed by atoms with Gasteiger partial charge >= 0.3 is 0 Å². The second-order valence-corrected chi connectivity index (χ2v) is 3.72. The van der Waals surface area contributed by atoms with Gasteiger partial charge in [-0.2, -0.15) is 0 Å². The van der Waals surface area contributed by atoms with Crippen molar-refractivity contribution in [3.63, 3.8) is 0 Å². The molecule has 0 amide bonds. The van der Waals surface area contributed by atoms with Gasteiger partial charge in [0.2, 0.25) is 0 Å². The summed E-state index contributed by atoms with van der Waals surface area (Å²) in [6.07, 6.45) is 0.527. The van der Waals surface area contributed by atoms with E-state index in [0.717, 1.165) is 0 Å². The van der Waals surface area contributed by atoms with Gasteiger partial charge in [-0.15, -0.1) is 0 Å². The van der Waals surface area contributed by atoms with E-state index in [-0.39, 0.29) is 0 Å². The topological polar surface area (TPSA) is 42.6 Å². The second-order valence-electron chi connectivity index (χ2n) is 3.72. The number of aliphatic hydroxyl groups excluding tert-OH is 1. The molecule has 1 atom stereocenters. The number of furan rings is 1. The lowest BCUT2D eigenvalue weighted by atomic mass is 10.0. The number of aliphatic hydroxyl groups is 1. The van der Waals surface area contributed by atoms with Crippen LogP contribution in [0.5, 0.6) is 5.75 Å². The number of hydrogen-bond acceptors (Lipinski definition) is 3. The first-order valence-corrected chi connectivity index (χ1v) is 5.19. The van der Waals surface area contributed by atoms with Crippen LogP contribution in [0.15, 0.2) is 34.9 Å². The molecule has 1 aromatic carbocycles. The third kappa shape index (κ3) is 2.17. The molecule has 17 heavy (non-hydrogen) atoms. The summed E-state index contributed by atoms with van der Waals surface area (Å²) >= 11 is 0. The molecule has 0 saturated heterocycles. The molecule has 90 valence electrons. The summed E-state index contributed by atoms with van der Waals surface area (Å²) in [5.41, 5.74) is 0.992. The van der Waals surface area contributed by atoms with Crippen molar-refractivity contribution in [2.75, 3.05) is 7.11 Å². The summed E-state index contributed by atoms with van der Waals surface area (Å²) in [7, 11) is 1.48. The molecule has 2 aromatic rings.